The second-order valence-corrected chi connectivity index (χ2v) is 9.92. The van der Waals surface area contributed by atoms with Gasteiger partial charge in [-0.3, -0.25) is 4.79 Å². The Morgan fingerprint density at radius 2 is 1.88 bits per heavy atom. The number of nitrogens with zero attached hydrogens (tertiary/aromatic N) is 1. The van der Waals surface area contributed by atoms with Gasteiger partial charge < -0.3 is 10.6 Å². The molecule has 0 aromatic heterocycles. The molecule has 0 radical (unpaired) electrons. The summed E-state index contributed by atoms with van der Waals surface area (Å²) in [6.07, 6.45) is 6.54. The van der Waals surface area contributed by atoms with Crippen LogP contribution in [0.15, 0.2) is 30.3 Å². The van der Waals surface area contributed by atoms with Crippen molar-refractivity contribution in [3.8, 4) is 0 Å². The number of hydrogen-bond acceptors (Lipinski definition) is 4. The van der Waals surface area contributed by atoms with Gasteiger partial charge in [0.25, 0.3) is 0 Å². The highest BCUT2D eigenvalue weighted by Crippen LogP contribution is 2.45. The Balaban J connectivity index is 1.71. The number of benzene rings is 1. The van der Waals surface area contributed by atoms with Gasteiger partial charge in [0.2, 0.25) is 5.91 Å². The topological polar surface area (TPSA) is 80.5 Å². The molecule has 0 bridgehead atoms. The van der Waals surface area contributed by atoms with Crippen LogP contribution in [0.3, 0.4) is 0 Å². The van der Waals surface area contributed by atoms with E-state index in [0.717, 1.165) is 43.9 Å². The van der Waals surface area contributed by atoms with E-state index in [1.54, 1.807) is 4.90 Å². The molecule has 2 fully saturated rings. The first-order chi connectivity index (χ1) is 11.8. The lowest BCUT2D eigenvalue weighted by molar-refractivity contribution is -0.133. The minimum Gasteiger partial charge on any atom is -0.342 e. The molecule has 1 aliphatic heterocycles. The van der Waals surface area contributed by atoms with Crippen molar-refractivity contribution < 1.29 is 13.2 Å². The highest BCUT2D eigenvalue weighted by atomic mass is 32.2. The van der Waals surface area contributed by atoms with Crippen molar-refractivity contribution in [3.63, 3.8) is 0 Å². The van der Waals surface area contributed by atoms with Crippen LogP contribution in [0.4, 0.5) is 0 Å². The summed E-state index contributed by atoms with van der Waals surface area (Å²) in [4.78, 5) is 14.7. The first-order valence-electron chi connectivity index (χ1n) is 9.09. The van der Waals surface area contributed by atoms with Gasteiger partial charge in [-0.1, -0.05) is 36.8 Å². The molecule has 1 aliphatic carbocycles. The highest BCUT2D eigenvalue weighted by Gasteiger charge is 2.44. The Labute approximate surface area is 150 Å². The zero-order valence-electron chi connectivity index (χ0n) is 14.9. The number of amides is 1. The van der Waals surface area contributed by atoms with Crippen molar-refractivity contribution in [2.75, 3.05) is 19.3 Å². The quantitative estimate of drug-likeness (QED) is 0.883. The molecule has 2 atom stereocenters. The maximum Gasteiger partial charge on any atom is 0.241 e. The van der Waals surface area contributed by atoms with E-state index in [1.165, 1.54) is 0 Å². The normalized spacial score (nSPS) is 24.4. The zero-order valence-corrected chi connectivity index (χ0v) is 15.7. The molecule has 1 heterocycles. The van der Waals surface area contributed by atoms with Gasteiger partial charge in [-0.05, 0) is 43.1 Å². The van der Waals surface area contributed by atoms with Crippen molar-refractivity contribution in [1.82, 2.24) is 4.90 Å². The standard InChI is InChI=1S/C19H28N2O3S/c1-25(23,24)16(14-15-6-3-2-4-7-15)18(22)21-12-10-19(11-13-21)9-5-8-17(19)20/h2-4,6-7,16-17H,5,8-14,20H2,1H3. The molecule has 1 saturated heterocycles. The van der Waals surface area contributed by atoms with Crippen LogP contribution in [-0.2, 0) is 21.1 Å². The molecular weight excluding hydrogens is 336 g/mol. The molecule has 138 valence electrons. The van der Waals surface area contributed by atoms with Crippen molar-refractivity contribution in [2.45, 2.75) is 49.8 Å². The number of sulfone groups is 1. The number of carbonyl (C=O) groups excluding carboxylic acids is 1. The van der Waals surface area contributed by atoms with Crippen LogP contribution >= 0.6 is 0 Å². The average molecular weight is 365 g/mol. The van der Waals surface area contributed by atoms with Crippen molar-refractivity contribution in [1.29, 1.82) is 0 Å². The van der Waals surface area contributed by atoms with Gasteiger partial charge in [0.1, 0.15) is 5.25 Å². The number of nitrogens with two attached hydrogens (primary N) is 1. The number of carbonyl (C=O) groups is 1. The van der Waals surface area contributed by atoms with E-state index in [0.29, 0.717) is 13.1 Å². The first-order valence-corrected chi connectivity index (χ1v) is 11.0. The van der Waals surface area contributed by atoms with Crippen LogP contribution < -0.4 is 5.73 Å². The summed E-state index contributed by atoms with van der Waals surface area (Å²) >= 11 is 0. The summed E-state index contributed by atoms with van der Waals surface area (Å²) in [6.45, 7) is 1.24. The molecule has 1 aromatic rings. The van der Waals surface area contributed by atoms with Crippen LogP contribution in [0, 0.1) is 5.41 Å². The van der Waals surface area contributed by atoms with Gasteiger partial charge in [0, 0.05) is 25.4 Å². The summed E-state index contributed by atoms with van der Waals surface area (Å²) in [5.74, 6) is -0.257. The summed E-state index contributed by atoms with van der Waals surface area (Å²) in [7, 11) is -3.47. The van der Waals surface area contributed by atoms with E-state index in [1.807, 2.05) is 30.3 Å². The van der Waals surface area contributed by atoms with Gasteiger partial charge in [0.15, 0.2) is 9.84 Å². The molecule has 25 heavy (non-hydrogen) atoms. The molecule has 6 heteroatoms. The van der Waals surface area contributed by atoms with E-state index < -0.39 is 15.1 Å². The van der Waals surface area contributed by atoms with Crippen LogP contribution in [0.25, 0.3) is 0 Å². The third kappa shape index (κ3) is 3.90. The zero-order chi connectivity index (χ0) is 18.1. The van der Waals surface area contributed by atoms with Gasteiger partial charge in [-0.15, -0.1) is 0 Å². The Hall–Kier alpha value is -1.40. The molecule has 5 nitrogen and oxygen atoms in total. The van der Waals surface area contributed by atoms with Crippen molar-refractivity contribution in [3.05, 3.63) is 35.9 Å². The summed E-state index contributed by atoms with van der Waals surface area (Å²) in [6, 6.07) is 9.58. The maximum atomic E-state index is 12.9. The third-order valence-electron chi connectivity index (χ3n) is 6.10. The fourth-order valence-corrected chi connectivity index (χ4v) is 5.42. The molecule has 1 aromatic carbocycles. The van der Waals surface area contributed by atoms with Crippen LogP contribution in [0.2, 0.25) is 0 Å². The van der Waals surface area contributed by atoms with Crippen LogP contribution in [0.5, 0.6) is 0 Å². The predicted octanol–water partition coefficient (Wildman–Crippen LogP) is 1.76. The SMILES string of the molecule is CS(=O)(=O)C(Cc1ccccc1)C(=O)N1CCC2(CCCC2N)CC1. The summed E-state index contributed by atoms with van der Waals surface area (Å²) < 4.78 is 24.5. The monoisotopic (exact) mass is 364 g/mol. The fraction of sp³-hybridized carbons (Fsp3) is 0.632. The number of likely N-dealkylation sites (tertiary alicyclic amines) is 1. The molecule has 2 N–H and O–H groups in total. The van der Waals surface area contributed by atoms with E-state index in [2.05, 4.69) is 0 Å². The fourth-order valence-electron chi connectivity index (χ4n) is 4.41. The largest absolute Gasteiger partial charge is 0.342 e. The summed E-state index contributed by atoms with van der Waals surface area (Å²) in [5.41, 5.74) is 7.33. The summed E-state index contributed by atoms with van der Waals surface area (Å²) in [5, 5.41) is -0.999. The Morgan fingerprint density at radius 1 is 1.24 bits per heavy atom. The van der Waals surface area contributed by atoms with E-state index in [4.69, 9.17) is 5.73 Å². The Morgan fingerprint density at radius 3 is 2.40 bits per heavy atom. The molecule has 2 aliphatic rings. The number of piperidine rings is 1. The van der Waals surface area contributed by atoms with Gasteiger partial charge in [0.05, 0.1) is 0 Å². The molecule has 1 saturated carbocycles. The lowest BCUT2D eigenvalue weighted by atomic mass is 9.74. The van der Waals surface area contributed by atoms with Crippen molar-refractivity contribution in [2.24, 2.45) is 11.1 Å². The molecule has 2 unspecified atom stereocenters. The lowest BCUT2D eigenvalue weighted by Crippen LogP contribution is -2.52. The number of rotatable bonds is 4. The third-order valence-corrected chi connectivity index (χ3v) is 7.51. The van der Waals surface area contributed by atoms with Gasteiger partial charge >= 0.3 is 0 Å². The average Bonchev–Trinajstić information content (AvgIpc) is 2.93. The van der Waals surface area contributed by atoms with E-state index in [9.17, 15) is 13.2 Å². The molecular formula is C19H28N2O3S. The van der Waals surface area contributed by atoms with Crippen LogP contribution in [0.1, 0.15) is 37.7 Å². The van der Waals surface area contributed by atoms with Crippen molar-refractivity contribution >= 4 is 15.7 Å². The van der Waals surface area contributed by atoms with E-state index in [-0.39, 0.29) is 23.8 Å². The molecule has 1 spiro atoms. The first kappa shape index (κ1) is 18.4. The van der Waals surface area contributed by atoms with E-state index >= 15 is 0 Å². The number of hydrogen-bond donors (Lipinski definition) is 1. The Kier molecular flexibility index (Phi) is 5.21. The second kappa shape index (κ2) is 7.08. The molecule has 1 amide bonds. The van der Waals surface area contributed by atoms with Crippen LogP contribution in [-0.4, -0.2) is 49.9 Å². The molecule has 3 rings (SSSR count). The second-order valence-electron chi connectivity index (χ2n) is 7.69. The minimum atomic E-state index is -3.47. The van der Waals surface area contributed by atoms with Gasteiger partial charge in [-0.25, -0.2) is 8.42 Å². The lowest BCUT2D eigenvalue weighted by Gasteiger charge is -2.42. The maximum absolute atomic E-state index is 12.9. The smallest absolute Gasteiger partial charge is 0.241 e. The van der Waals surface area contributed by atoms with Gasteiger partial charge in [-0.2, -0.15) is 0 Å². The Bertz CT molecular complexity index is 709. The minimum absolute atomic E-state index is 0.163. The predicted molar refractivity (Wildman–Crippen MR) is 98.9 cm³/mol. The highest BCUT2D eigenvalue weighted by molar-refractivity contribution is 7.92.